The third-order valence-corrected chi connectivity index (χ3v) is 9.45. The number of hydrogen-bond acceptors (Lipinski definition) is 4. The van der Waals surface area contributed by atoms with Crippen molar-refractivity contribution >= 4 is 49.8 Å². The number of aryl methyl sites for hydroxylation is 1. The summed E-state index contributed by atoms with van der Waals surface area (Å²) in [5.74, 6) is 1.80. The van der Waals surface area contributed by atoms with Crippen molar-refractivity contribution in [2.45, 2.75) is 77.6 Å². The van der Waals surface area contributed by atoms with Gasteiger partial charge in [0.25, 0.3) is 5.91 Å². The highest BCUT2D eigenvalue weighted by atomic mass is 79.9. The van der Waals surface area contributed by atoms with Crippen LogP contribution in [0, 0.1) is 18.8 Å². The number of rotatable bonds is 5. The standard InChI is InChI=1S/C33H36BrN3O4/c1-18-24-11-8-21(31(38)37-17-22-9-12-25(37)29(22)35-32(39)41-33(2,3)4)14-28(24)40-30(18)27-13-20-7-10-23(34)15-26(20)36(27)16-19-5-6-19/h7-8,10-11,13-15,19,22,25,29H,5-6,9,12,16-17H2,1-4H3,(H,35,39)/t22?,25?,29-/m1/s1. The lowest BCUT2D eigenvalue weighted by Gasteiger charge is -2.28. The molecular weight excluding hydrogens is 582 g/mol. The summed E-state index contributed by atoms with van der Waals surface area (Å²) >= 11 is 3.65. The van der Waals surface area contributed by atoms with Crippen LogP contribution in [0.3, 0.4) is 0 Å². The number of halogens is 1. The van der Waals surface area contributed by atoms with E-state index >= 15 is 0 Å². The van der Waals surface area contributed by atoms with Crippen molar-refractivity contribution in [1.29, 1.82) is 0 Å². The Morgan fingerprint density at radius 2 is 1.88 bits per heavy atom. The molecule has 2 unspecified atom stereocenters. The van der Waals surface area contributed by atoms with Gasteiger partial charge in [0.15, 0.2) is 5.76 Å². The van der Waals surface area contributed by atoms with E-state index in [1.165, 1.54) is 23.7 Å². The molecule has 3 atom stereocenters. The second-order valence-corrected chi connectivity index (χ2v) is 14.0. The summed E-state index contributed by atoms with van der Waals surface area (Å²) in [4.78, 5) is 28.2. The molecule has 7 rings (SSSR count). The normalized spacial score (nSPS) is 22.2. The molecule has 2 aliphatic carbocycles. The summed E-state index contributed by atoms with van der Waals surface area (Å²) in [6.07, 6.45) is 4.00. The van der Waals surface area contributed by atoms with E-state index in [2.05, 4.69) is 57.0 Å². The average Bonchev–Trinajstić information content (AvgIpc) is 3.28. The summed E-state index contributed by atoms with van der Waals surface area (Å²) in [5.41, 5.74) is 4.15. The highest BCUT2D eigenvalue weighted by molar-refractivity contribution is 9.10. The predicted molar refractivity (Wildman–Crippen MR) is 163 cm³/mol. The van der Waals surface area contributed by atoms with E-state index in [0.717, 1.165) is 51.8 Å². The lowest BCUT2D eigenvalue weighted by Crippen LogP contribution is -2.46. The molecule has 3 heterocycles. The molecule has 1 aliphatic heterocycles. The van der Waals surface area contributed by atoms with Gasteiger partial charge in [-0.25, -0.2) is 4.79 Å². The summed E-state index contributed by atoms with van der Waals surface area (Å²) in [7, 11) is 0. The molecule has 214 valence electrons. The maximum Gasteiger partial charge on any atom is 0.407 e. The minimum atomic E-state index is -0.560. The highest BCUT2D eigenvalue weighted by Crippen LogP contribution is 2.42. The van der Waals surface area contributed by atoms with Crippen molar-refractivity contribution in [1.82, 2.24) is 14.8 Å². The summed E-state index contributed by atoms with van der Waals surface area (Å²) < 4.78 is 15.5. The molecule has 2 bridgehead atoms. The van der Waals surface area contributed by atoms with Crippen molar-refractivity contribution in [2.75, 3.05) is 6.54 Å². The van der Waals surface area contributed by atoms with Crippen LogP contribution >= 0.6 is 15.9 Å². The average molecular weight is 619 g/mol. The van der Waals surface area contributed by atoms with Crippen LogP contribution in [-0.2, 0) is 11.3 Å². The molecule has 4 aromatic rings. The number of furan rings is 1. The van der Waals surface area contributed by atoms with Gasteiger partial charge < -0.3 is 23.9 Å². The zero-order valence-electron chi connectivity index (χ0n) is 24.0. The van der Waals surface area contributed by atoms with Crippen LogP contribution < -0.4 is 5.32 Å². The fourth-order valence-electron chi connectivity index (χ4n) is 6.83. The number of nitrogens with one attached hydrogen (secondary N) is 1. The monoisotopic (exact) mass is 617 g/mol. The molecule has 2 saturated carbocycles. The maximum atomic E-state index is 13.8. The van der Waals surface area contributed by atoms with Crippen LogP contribution in [0.1, 0.15) is 62.4 Å². The van der Waals surface area contributed by atoms with Gasteiger partial charge in [0.05, 0.1) is 17.8 Å². The van der Waals surface area contributed by atoms with Crippen molar-refractivity contribution in [2.24, 2.45) is 11.8 Å². The molecule has 3 aliphatic rings. The Morgan fingerprint density at radius 1 is 1.07 bits per heavy atom. The minimum Gasteiger partial charge on any atom is -0.454 e. The molecule has 0 radical (unpaired) electrons. The number of likely N-dealkylation sites (tertiary alicyclic amines) is 1. The van der Waals surface area contributed by atoms with Crippen molar-refractivity contribution < 1.29 is 18.7 Å². The minimum absolute atomic E-state index is 0.0154. The Hall–Kier alpha value is -3.26. The van der Waals surface area contributed by atoms with E-state index in [1.807, 2.05) is 43.9 Å². The summed E-state index contributed by atoms with van der Waals surface area (Å²) in [6.45, 7) is 9.29. The summed E-state index contributed by atoms with van der Waals surface area (Å²) in [5, 5.41) is 5.27. The number of piperidine rings is 1. The van der Waals surface area contributed by atoms with E-state index in [1.54, 1.807) is 0 Å². The topological polar surface area (TPSA) is 76.7 Å². The Bertz CT molecular complexity index is 1690. The number of amides is 2. The molecule has 0 spiro atoms. The zero-order chi connectivity index (χ0) is 28.6. The van der Waals surface area contributed by atoms with Crippen molar-refractivity contribution in [3.63, 3.8) is 0 Å². The van der Waals surface area contributed by atoms with Crippen LogP contribution in [-0.4, -0.2) is 45.7 Å². The van der Waals surface area contributed by atoms with Gasteiger partial charge in [0.1, 0.15) is 11.2 Å². The number of aromatic nitrogens is 1. The molecule has 1 saturated heterocycles. The Morgan fingerprint density at radius 3 is 2.63 bits per heavy atom. The number of ether oxygens (including phenoxy) is 1. The number of hydrogen-bond donors (Lipinski definition) is 1. The number of alkyl carbamates (subject to hydrolysis) is 1. The first kappa shape index (κ1) is 26.6. The van der Waals surface area contributed by atoms with Crippen LogP contribution in [0.5, 0.6) is 0 Å². The van der Waals surface area contributed by atoms with Crippen LogP contribution in [0.15, 0.2) is 51.4 Å². The van der Waals surface area contributed by atoms with Crippen LogP contribution in [0.25, 0.3) is 33.3 Å². The molecular formula is C33H36BrN3O4. The van der Waals surface area contributed by atoms with Gasteiger partial charge >= 0.3 is 6.09 Å². The lowest BCUT2D eigenvalue weighted by molar-refractivity contribution is 0.0485. The number of fused-ring (bicyclic) bond motifs is 4. The van der Waals surface area contributed by atoms with Gasteiger partial charge in [-0.2, -0.15) is 0 Å². The fraction of sp³-hybridized carbons (Fsp3) is 0.455. The van der Waals surface area contributed by atoms with Gasteiger partial charge in [-0.3, -0.25) is 4.79 Å². The Labute approximate surface area is 248 Å². The SMILES string of the molecule is Cc1c(-c2cc3ccc(Br)cc3n2CC2CC2)oc2cc(C(=O)N3CC4CCC3[C@@H]4NC(=O)OC(C)(C)C)ccc12. The smallest absolute Gasteiger partial charge is 0.407 e. The highest BCUT2D eigenvalue weighted by Gasteiger charge is 2.49. The fourth-order valence-corrected chi connectivity index (χ4v) is 7.18. The number of nitrogens with zero attached hydrogens (tertiary/aromatic N) is 2. The second kappa shape index (κ2) is 9.65. The molecule has 8 heteroatoms. The van der Waals surface area contributed by atoms with E-state index in [-0.39, 0.29) is 23.9 Å². The first-order chi connectivity index (χ1) is 19.6. The molecule has 2 aromatic carbocycles. The zero-order valence-corrected chi connectivity index (χ0v) is 25.6. The summed E-state index contributed by atoms with van der Waals surface area (Å²) in [6, 6.07) is 14.3. The van der Waals surface area contributed by atoms with E-state index in [0.29, 0.717) is 18.0 Å². The number of benzene rings is 2. The molecule has 2 amide bonds. The number of carbonyl (C=O) groups excluding carboxylic acids is 2. The van der Waals surface area contributed by atoms with Crippen LogP contribution in [0.2, 0.25) is 0 Å². The largest absolute Gasteiger partial charge is 0.454 e. The number of carbonyl (C=O) groups is 2. The third kappa shape index (κ3) is 4.84. The van der Waals surface area contributed by atoms with Gasteiger partial charge in [0.2, 0.25) is 0 Å². The predicted octanol–water partition coefficient (Wildman–Crippen LogP) is 7.66. The second-order valence-electron chi connectivity index (χ2n) is 13.1. The van der Waals surface area contributed by atoms with E-state index in [4.69, 9.17) is 9.15 Å². The Kier molecular flexibility index (Phi) is 6.27. The van der Waals surface area contributed by atoms with E-state index < -0.39 is 11.7 Å². The molecule has 41 heavy (non-hydrogen) atoms. The molecule has 7 nitrogen and oxygen atoms in total. The van der Waals surface area contributed by atoms with Crippen molar-refractivity contribution in [3.8, 4) is 11.5 Å². The molecule has 3 fully saturated rings. The van der Waals surface area contributed by atoms with Gasteiger partial charge in [-0.1, -0.05) is 28.1 Å². The van der Waals surface area contributed by atoms with Gasteiger partial charge in [0, 0.05) is 45.0 Å². The van der Waals surface area contributed by atoms with Gasteiger partial charge in [-0.15, -0.1) is 0 Å². The van der Waals surface area contributed by atoms with Crippen molar-refractivity contribution in [3.05, 3.63) is 58.1 Å². The lowest BCUT2D eigenvalue weighted by atomic mass is 10.1. The molecule has 1 N–H and O–H groups in total. The quantitative estimate of drug-likeness (QED) is 0.249. The van der Waals surface area contributed by atoms with Gasteiger partial charge in [-0.05, 0) is 95.5 Å². The third-order valence-electron chi connectivity index (χ3n) is 8.95. The molecule has 2 aromatic heterocycles. The Balaban J connectivity index is 1.18. The first-order valence-corrected chi connectivity index (χ1v) is 15.5. The first-order valence-electron chi connectivity index (χ1n) is 14.7. The maximum absolute atomic E-state index is 13.8. The van der Waals surface area contributed by atoms with E-state index in [9.17, 15) is 9.59 Å². The van der Waals surface area contributed by atoms with Crippen LogP contribution in [0.4, 0.5) is 4.79 Å².